The third kappa shape index (κ3) is 4.01. The van der Waals surface area contributed by atoms with Crippen LogP contribution in [0, 0.1) is 29.1 Å². The molecule has 0 saturated heterocycles. The van der Waals surface area contributed by atoms with Crippen LogP contribution in [0.4, 0.5) is 22.0 Å². The molecular formula is C26H11F5N2S3. The van der Waals surface area contributed by atoms with E-state index in [-0.39, 0.29) is 5.56 Å². The summed E-state index contributed by atoms with van der Waals surface area (Å²) in [5, 5.41) is 0. The van der Waals surface area contributed by atoms with Crippen molar-refractivity contribution in [3.05, 3.63) is 95.8 Å². The zero-order valence-electron chi connectivity index (χ0n) is 17.9. The zero-order chi connectivity index (χ0) is 25.0. The topological polar surface area (TPSA) is 25.8 Å². The van der Waals surface area contributed by atoms with Crippen molar-refractivity contribution in [3.63, 3.8) is 0 Å². The fourth-order valence-electron chi connectivity index (χ4n) is 3.96. The number of fused-ring (bicyclic) bond motifs is 1. The average Bonchev–Trinajstić information content (AvgIpc) is 3.61. The number of halogens is 5. The molecule has 3 aromatic heterocycles. The molecule has 0 atom stereocenters. The van der Waals surface area contributed by atoms with Crippen LogP contribution in [0.15, 0.2) is 66.7 Å². The lowest BCUT2D eigenvalue weighted by Gasteiger charge is -2.04. The fraction of sp³-hybridized carbons (Fsp3) is 0. The van der Waals surface area contributed by atoms with E-state index in [1.165, 1.54) is 34.8 Å². The Balaban J connectivity index is 1.40. The number of hydrogen-bond acceptors (Lipinski definition) is 5. The molecule has 36 heavy (non-hydrogen) atoms. The maximum atomic E-state index is 14.3. The Morgan fingerprint density at radius 2 is 1.00 bits per heavy atom. The molecule has 0 aliphatic heterocycles. The molecular weight excluding hydrogens is 531 g/mol. The molecule has 0 saturated carbocycles. The lowest BCUT2D eigenvalue weighted by atomic mass is 10.1. The second-order valence-electron chi connectivity index (χ2n) is 7.86. The number of rotatable bonds is 4. The largest absolute Gasteiger partial charge is 0.207 e. The van der Waals surface area contributed by atoms with Crippen LogP contribution < -0.4 is 0 Å². The third-order valence-corrected chi connectivity index (χ3v) is 8.41. The second-order valence-corrected chi connectivity index (χ2v) is 10.6. The predicted molar refractivity (Wildman–Crippen MR) is 135 cm³/mol. The third-order valence-electron chi connectivity index (χ3n) is 5.56. The Morgan fingerprint density at radius 3 is 1.61 bits per heavy atom. The van der Waals surface area contributed by atoms with Crippen molar-refractivity contribution in [2.24, 2.45) is 0 Å². The molecule has 0 spiro atoms. The standard InChI is InChI=1S/C26H11F5N2S3/c27-13-7-12(8-14(28)9-13)20-3-4-21(34-20)16-1-2-17(26-25(16)32-36-33-26)22-5-6-23(35-22)18-10-15(29)11-19(30)24(18)31/h1-11H. The van der Waals surface area contributed by atoms with Gasteiger partial charge in [-0.3, -0.25) is 0 Å². The molecule has 0 fully saturated rings. The van der Waals surface area contributed by atoms with Crippen molar-refractivity contribution in [2.75, 3.05) is 0 Å². The Kier molecular flexibility index (Phi) is 5.66. The first-order valence-corrected chi connectivity index (χ1v) is 12.8. The van der Waals surface area contributed by atoms with Crippen LogP contribution in [0.25, 0.3) is 52.8 Å². The molecule has 3 aromatic carbocycles. The van der Waals surface area contributed by atoms with Gasteiger partial charge >= 0.3 is 0 Å². The van der Waals surface area contributed by atoms with Gasteiger partial charge in [0.1, 0.15) is 28.5 Å². The minimum Gasteiger partial charge on any atom is -0.207 e. The van der Waals surface area contributed by atoms with E-state index in [4.69, 9.17) is 0 Å². The molecule has 10 heteroatoms. The van der Waals surface area contributed by atoms with Gasteiger partial charge < -0.3 is 0 Å². The van der Waals surface area contributed by atoms with Crippen molar-refractivity contribution in [1.29, 1.82) is 0 Å². The normalized spacial score (nSPS) is 11.5. The van der Waals surface area contributed by atoms with Crippen molar-refractivity contribution in [3.8, 4) is 41.8 Å². The SMILES string of the molecule is Fc1cc(F)cc(-c2ccc(-c3ccc(-c4ccc(-c5cc(F)cc(F)c5F)s4)c4nsnc34)s2)c1. The van der Waals surface area contributed by atoms with E-state index in [0.29, 0.717) is 32.4 Å². The van der Waals surface area contributed by atoms with E-state index in [2.05, 4.69) is 8.75 Å². The Labute approximate surface area is 213 Å². The summed E-state index contributed by atoms with van der Waals surface area (Å²) in [7, 11) is 0. The minimum atomic E-state index is -1.24. The van der Waals surface area contributed by atoms with Crippen molar-refractivity contribution >= 4 is 45.4 Å². The van der Waals surface area contributed by atoms with Crippen LogP contribution in [0.1, 0.15) is 0 Å². The van der Waals surface area contributed by atoms with Crippen molar-refractivity contribution in [2.45, 2.75) is 0 Å². The molecule has 0 aliphatic rings. The summed E-state index contributed by atoms with van der Waals surface area (Å²) in [4.78, 5) is 2.67. The maximum Gasteiger partial charge on any atom is 0.167 e. The van der Waals surface area contributed by atoms with Gasteiger partial charge in [-0.1, -0.05) is 12.1 Å². The Morgan fingerprint density at radius 1 is 0.500 bits per heavy atom. The summed E-state index contributed by atoms with van der Waals surface area (Å²) in [5.41, 5.74) is 3.14. The van der Waals surface area contributed by atoms with E-state index in [0.717, 1.165) is 44.7 Å². The molecule has 3 heterocycles. The van der Waals surface area contributed by atoms with Crippen LogP contribution in [-0.2, 0) is 0 Å². The molecule has 2 nitrogen and oxygen atoms in total. The highest BCUT2D eigenvalue weighted by atomic mass is 32.1. The van der Waals surface area contributed by atoms with Gasteiger partial charge in [0.2, 0.25) is 0 Å². The van der Waals surface area contributed by atoms with Gasteiger partial charge in [0.15, 0.2) is 11.6 Å². The fourth-order valence-corrected chi connectivity index (χ4v) is 6.60. The average molecular weight is 543 g/mol. The number of hydrogen-bond donors (Lipinski definition) is 0. The van der Waals surface area contributed by atoms with Crippen LogP contribution in [0.3, 0.4) is 0 Å². The van der Waals surface area contributed by atoms with Gasteiger partial charge in [-0.2, -0.15) is 8.75 Å². The molecule has 0 bridgehead atoms. The van der Waals surface area contributed by atoms with E-state index in [1.807, 2.05) is 18.2 Å². The molecule has 6 rings (SSSR count). The summed E-state index contributed by atoms with van der Waals surface area (Å²) < 4.78 is 78.0. The van der Waals surface area contributed by atoms with Crippen LogP contribution in [0.5, 0.6) is 0 Å². The number of nitrogens with zero attached hydrogens (tertiary/aromatic N) is 2. The van der Waals surface area contributed by atoms with Crippen LogP contribution in [-0.4, -0.2) is 8.75 Å². The van der Waals surface area contributed by atoms with Gasteiger partial charge in [-0.05, 0) is 48.0 Å². The number of benzene rings is 3. The number of thiophene rings is 2. The number of aromatic nitrogens is 2. The van der Waals surface area contributed by atoms with Gasteiger partial charge in [-0.15, -0.1) is 22.7 Å². The molecule has 178 valence electrons. The molecule has 0 N–H and O–H groups in total. The summed E-state index contributed by atoms with van der Waals surface area (Å²) in [5.74, 6) is -4.50. The maximum absolute atomic E-state index is 14.3. The van der Waals surface area contributed by atoms with Gasteiger partial charge in [0.25, 0.3) is 0 Å². The minimum absolute atomic E-state index is 0.145. The van der Waals surface area contributed by atoms with E-state index >= 15 is 0 Å². The summed E-state index contributed by atoms with van der Waals surface area (Å²) >= 11 is 3.60. The lowest BCUT2D eigenvalue weighted by Crippen LogP contribution is -1.90. The summed E-state index contributed by atoms with van der Waals surface area (Å²) in [6.07, 6.45) is 0. The van der Waals surface area contributed by atoms with Gasteiger partial charge in [0, 0.05) is 48.3 Å². The van der Waals surface area contributed by atoms with Gasteiger partial charge in [0.05, 0.1) is 11.7 Å². The first kappa shape index (κ1) is 23.0. The van der Waals surface area contributed by atoms with Crippen LogP contribution in [0.2, 0.25) is 0 Å². The van der Waals surface area contributed by atoms with E-state index in [9.17, 15) is 22.0 Å². The molecule has 6 aromatic rings. The first-order chi connectivity index (χ1) is 17.4. The quantitative estimate of drug-likeness (QED) is 0.164. The molecule has 0 unspecified atom stereocenters. The highest BCUT2D eigenvalue weighted by Crippen LogP contribution is 2.43. The van der Waals surface area contributed by atoms with E-state index in [1.54, 1.807) is 18.2 Å². The van der Waals surface area contributed by atoms with Gasteiger partial charge in [-0.25, -0.2) is 22.0 Å². The van der Waals surface area contributed by atoms with Crippen molar-refractivity contribution < 1.29 is 22.0 Å². The summed E-state index contributed by atoms with van der Waals surface area (Å²) in [6.45, 7) is 0. The first-order valence-electron chi connectivity index (χ1n) is 10.4. The highest BCUT2D eigenvalue weighted by Gasteiger charge is 2.19. The van der Waals surface area contributed by atoms with Crippen molar-refractivity contribution in [1.82, 2.24) is 8.75 Å². The smallest absolute Gasteiger partial charge is 0.167 e. The predicted octanol–water partition coefficient (Wildman–Crippen LogP) is 9.18. The summed E-state index contributed by atoms with van der Waals surface area (Å²) in [6, 6.07) is 15.6. The zero-order valence-corrected chi connectivity index (χ0v) is 20.3. The Bertz CT molecular complexity index is 1750. The lowest BCUT2D eigenvalue weighted by molar-refractivity contribution is 0.498. The van der Waals surface area contributed by atoms with Crippen LogP contribution >= 0.6 is 34.4 Å². The molecule has 0 amide bonds. The highest BCUT2D eigenvalue weighted by molar-refractivity contribution is 7.19. The molecule has 0 aliphatic carbocycles. The second kappa shape index (κ2) is 8.88. The Hall–Kier alpha value is -3.47. The molecule has 0 radical (unpaired) electrons. The monoisotopic (exact) mass is 542 g/mol. The van der Waals surface area contributed by atoms with E-state index < -0.39 is 29.1 Å².